The molecule has 0 fully saturated rings. The second-order valence-corrected chi connectivity index (χ2v) is 3.59. The fourth-order valence-corrected chi connectivity index (χ4v) is 1.84. The van der Waals surface area contributed by atoms with E-state index < -0.39 is 0 Å². The summed E-state index contributed by atoms with van der Waals surface area (Å²) in [5.74, 6) is 0.0496. The maximum Gasteiger partial charge on any atom is 0.227 e. The van der Waals surface area contributed by atoms with Gasteiger partial charge in [0.1, 0.15) is 0 Å². The van der Waals surface area contributed by atoms with Gasteiger partial charge < -0.3 is 5.32 Å². The second kappa shape index (κ2) is 3.87. The molecule has 1 heterocycles. The Bertz CT molecular complexity index is 499. The van der Waals surface area contributed by atoms with Gasteiger partial charge in [0.05, 0.1) is 5.52 Å². The molecule has 3 nitrogen and oxygen atoms in total. The third-order valence-corrected chi connectivity index (χ3v) is 2.50. The van der Waals surface area contributed by atoms with Gasteiger partial charge in [-0.05, 0) is 18.7 Å². The summed E-state index contributed by atoms with van der Waals surface area (Å²) in [5, 5.41) is 4.24. The summed E-state index contributed by atoms with van der Waals surface area (Å²) in [6.45, 7) is 2.36. The number of para-hydroxylation sites is 1. The van der Waals surface area contributed by atoms with Crippen molar-refractivity contribution in [1.29, 1.82) is 0 Å². The van der Waals surface area contributed by atoms with E-state index >= 15 is 0 Å². The monoisotopic (exact) mass is 202 g/mol. The summed E-state index contributed by atoms with van der Waals surface area (Å²) in [6.07, 6.45) is 1.91. The summed E-state index contributed by atoms with van der Waals surface area (Å²) in [7, 11) is 1.90. The van der Waals surface area contributed by atoms with Crippen LogP contribution in [-0.4, -0.2) is 17.5 Å². The number of hydrogen-bond donors (Lipinski definition) is 1. The van der Waals surface area contributed by atoms with Crippen LogP contribution in [0.5, 0.6) is 0 Å². The lowest BCUT2D eigenvalue weighted by Crippen LogP contribution is -2.05. The number of carbonyl (C=O) groups is 1. The quantitative estimate of drug-likeness (QED) is 0.808. The molecule has 0 radical (unpaired) electrons. The molecule has 78 valence electrons. The lowest BCUT2D eigenvalue weighted by atomic mass is 10.2. The molecular weight excluding hydrogens is 188 g/mol. The first-order valence-electron chi connectivity index (χ1n) is 4.98. The third-order valence-electron chi connectivity index (χ3n) is 2.50. The number of carbonyl (C=O) groups excluding carboxylic acids is 1. The van der Waals surface area contributed by atoms with Gasteiger partial charge in [-0.3, -0.25) is 9.36 Å². The minimum Gasteiger partial charge on any atom is -0.316 e. The van der Waals surface area contributed by atoms with Crippen LogP contribution in [0.15, 0.2) is 30.5 Å². The van der Waals surface area contributed by atoms with Crippen LogP contribution in [0.4, 0.5) is 0 Å². The number of fused-ring (bicyclic) bond motifs is 1. The fraction of sp³-hybridized carbons (Fsp3) is 0.250. The zero-order chi connectivity index (χ0) is 10.8. The molecule has 1 aromatic heterocycles. The molecule has 1 N–H and O–H groups in total. The maximum absolute atomic E-state index is 11.4. The van der Waals surface area contributed by atoms with E-state index in [1.165, 1.54) is 0 Å². The lowest BCUT2D eigenvalue weighted by molar-refractivity contribution is 0.0941. The third kappa shape index (κ3) is 1.66. The highest BCUT2D eigenvalue weighted by molar-refractivity contribution is 5.93. The summed E-state index contributed by atoms with van der Waals surface area (Å²) in [5.41, 5.74) is 2.14. The molecule has 2 aromatic rings. The molecule has 0 bridgehead atoms. The Labute approximate surface area is 88.7 Å². The van der Waals surface area contributed by atoms with E-state index in [0.717, 1.165) is 23.0 Å². The molecule has 0 saturated heterocycles. The molecule has 15 heavy (non-hydrogen) atoms. The van der Waals surface area contributed by atoms with E-state index in [1.54, 1.807) is 11.5 Å². The topological polar surface area (TPSA) is 34.0 Å². The van der Waals surface area contributed by atoms with E-state index in [0.29, 0.717) is 0 Å². The largest absolute Gasteiger partial charge is 0.316 e. The van der Waals surface area contributed by atoms with E-state index in [9.17, 15) is 4.79 Å². The highest BCUT2D eigenvalue weighted by Gasteiger charge is 2.09. The van der Waals surface area contributed by atoms with E-state index in [1.807, 2.05) is 37.5 Å². The van der Waals surface area contributed by atoms with Crippen LogP contribution in [0.25, 0.3) is 10.9 Å². The van der Waals surface area contributed by atoms with Gasteiger partial charge in [0.25, 0.3) is 0 Å². The molecule has 0 unspecified atom stereocenters. The smallest absolute Gasteiger partial charge is 0.227 e. The van der Waals surface area contributed by atoms with Crippen molar-refractivity contribution in [2.75, 3.05) is 7.05 Å². The van der Waals surface area contributed by atoms with Gasteiger partial charge in [0, 0.05) is 25.1 Å². The van der Waals surface area contributed by atoms with Gasteiger partial charge in [0.2, 0.25) is 5.91 Å². The van der Waals surface area contributed by atoms with Crippen molar-refractivity contribution in [3.63, 3.8) is 0 Å². The molecule has 0 saturated carbocycles. The minimum absolute atomic E-state index is 0.0496. The van der Waals surface area contributed by atoms with Gasteiger partial charge in [-0.2, -0.15) is 0 Å². The Morgan fingerprint density at radius 1 is 1.40 bits per heavy atom. The molecule has 0 aliphatic heterocycles. The fourth-order valence-electron chi connectivity index (χ4n) is 1.84. The number of nitrogens with zero attached hydrogens (tertiary/aromatic N) is 1. The summed E-state index contributed by atoms with van der Waals surface area (Å²) < 4.78 is 1.70. The molecule has 2 rings (SSSR count). The predicted octanol–water partition coefficient (Wildman–Crippen LogP) is 2.02. The Hall–Kier alpha value is -1.61. The summed E-state index contributed by atoms with van der Waals surface area (Å²) in [4.78, 5) is 11.4. The van der Waals surface area contributed by atoms with Crippen LogP contribution in [-0.2, 0) is 6.54 Å². The van der Waals surface area contributed by atoms with E-state index in [-0.39, 0.29) is 5.91 Å². The number of benzene rings is 1. The zero-order valence-corrected chi connectivity index (χ0v) is 8.95. The van der Waals surface area contributed by atoms with Crippen LogP contribution in [0.3, 0.4) is 0 Å². The van der Waals surface area contributed by atoms with Crippen molar-refractivity contribution < 1.29 is 4.79 Å². The Balaban J connectivity index is 2.67. The highest BCUT2D eigenvalue weighted by Crippen LogP contribution is 2.20. The summed E-state index contributed by atoms with van der Waals surface area (Å²) in [6, 6.07) is 7.95. The van der Waals surface area contributed by atoms with Crippen molar-refractivity contribution in [3.8, 4) is 0 Å². The van der Waals surface area contributed by atoms with Crippen LogP contribution in [0.1, 0.15) is 17.3 Å². The maximum atomic E-state index is 11.4. The van der Waals surface area contributed by atoms with Crippen LogP contribution >= 0.6 is 0 Å². The second-order valence-electron chi connectivity index (χ2n) is 3.59. The number of rotatable bonds is 2. The van der Waals surface area contributed by atoms with E-state index in [2.05, 4.69) is 5.32 Å². The molecule has 1 aromatic carbocycles. The average molecular weight is 202 g/mol. The molecule has 0 atom stereocenters. The molecular formula is C12H14N2O. The molecule has 0 spiro atoms. The van der Waals surface area contributed by atoms with Gasteiger partial charge in [-0.25, -0.2) is 0 Å². The zero-order valence-electron chi connectivity index (χ0n) is 8.95. The van der Waals surface area contributed by atoms with Crippen LogP contribution < -0.4 is 5.32 Å². The predicted molar refractivity (Wildman–Crippen MR) is 61.0 cm³/mol. The molecule has 0 aliphatic carbocycles. The summed E-state index contributed by atoms with van der Waals surface area (Å²) >= 11 is 0. The first-order valence-corrected chi connectivity index (χ1v) is 4.98. The molecule has 0 amide bonds. The van der Waals surface area contributed by atoms with Crippen molar-refractivity contribution in [2.45, 2.75) is 13.5 Å². The molecule has 0 aliphatic rings. The van der Waals surface area contributed by atoms with Crippen molar-refractivity contribution >= 4 is 16.8 Å². The Morgan fingerprint density at radius 2 is 2.13 bits per heavy atom. The Kier molecular flexibility index (Phi) is 2.56. The van der Waals surface area contributed by atoms with Crippen LogP contribution in [0.2, 0.25) is 0 Å². The SMILES string of the molecule is CNCc1cn(C(C)=O)c2ccccc12. The van der Waals surface area contributed by atoms with Crippen LogP contribution in [0, 0.1) is 0 Å². The molecule has 3 heteroatoms. The van der Waals surface area contributed by atoms with Crippen molar-refractivity contribution in [3.05, 3.63) is 36.0 Å². The number of hydrogen-bond acceptors (Lipinski definition) is 2. The average Bonchev–Trinajstić information content (AvgIpc) is 2.59. The van der Waals surface area contributed by atoms with Gasteiger partial charge in [-0.15, -0.1) is 0 Å². The highest BCUT2D eigenvalue weighted by atomic mass is 16.1. The first-order chi connectivity index (χ1) is 7.24. The minimum atomic E-state index is 0.0496. The van der Waals surface area contributed by atoms with Crippen molar-refractivity contribution in [1.82, 2.24) is 9.88 Å². The van der Waals surface area contributed by atoms with Crippen molar-refractivity contribution in [2.24, 2.45) is 0 Å². The number of aromatic nitrogens is 1. The number of nitrogens with one attached hydrogen (secondary N) is 1. The Morgan fingerprint density at radius 3 is 2.80 bits per heavy atom. The normalized spacial score (nSPS) is 10.8. The van der Waals surface area contributed by atoms with Gasteiger partial charge in [-0.1, -0.05) is 18.2 Å². The van der Waals surface area contributed by atoms with Gasteiger partial charge in [0.15, 0.2) is 0 Å². The first kappa shape index (κ1) is 9.93. The van der Waals surface area contributed by atoms with Gasteiger partial charge >= 0.3 is 0 Å². The lowest BCUT2D eigenvalue weighted by Gasteiger charge is -1.97. The standard InChI is InChI=1S/C12H14N2O/c1-9(15)14-8-10(7-13-2)11-5-3-4-6-12(11)14/h3-6,8,13H,7H2,1-2H3. The van der Waals surface area contributed by atoms with E-state index in [4.69, 9.17) is 0 Å².